The van der Waals surface area contributed by atoms with Crippen molar-refractivity contribution in [1.29, 1.82) is 0 Å². The maximum atomic E-state index is 4.67. The lowest BCUT2D eigenvalue weighted by atomic mass is 9.85. The molecule has 0 bridgehead atoms. The van der Waals surface area contributed by atoms with Gasteiger partial charge in [0.1, 0.15) is 0 Å². The van der Waals surface area contributed by atoms with E-state index in [1.54, 1.807) is 0 Å². The van der Waals surface area contributed by atoms with Gasteiger partial charge in [-0.05, 0) is 126 Å². The highest BCUT2D eigenvalue weighted by Gasteiger charge is 2.21. The van der Waals surface area contributed by atoms with E-state index in [4.69, 9.17) is 0 Å². The van der Waals surface area contributed by atoms with Gasteiger partial charge in [0.2, 0.25) is 0 Å². The van der Waals surface area contributed by atoms with Crippen molar-refractivity contribution in [3.8, 4) is 67.0 Å². The van der Waals surface area contributed by atoms with Crippen LogP contribution in [-0.2, 0) is 6.42 Å². The van der Waals surface area contributed by atoms with Crippen LogP contribution < -0.4 is 0 Å². The van der Waals surface area contributed by atoms with E-state index >= 15 is 0 Å². The summed E-state index contributed by atoms with van der Waals surface area (Å²) < 4.78 is 0. The molecule has 0 spiro atoms. The molecular formula is C49H32N2. The summed E-state index contributed by atoms with van der Waals surface area (Å²) in [4.78, 5) is 9.33. The molecule has 2 nitrogen and oxygen atoms in total. The van der Waals surface area contributed by atoms with Crippen LogP contribution in [0.2, 0.25) is 0 Å². The maximum Gasteiger partial charge on any atom is 0.0702 e. The first-order valence-corrected chi connectivity index (χ1v) is 17.5. The zero-order chi connectivity index (χ0) is 33.7. The van der Waals surface area contributed by atoms with Crippen LogP contribution in [0.5, 0.6) is 0 Å². The van der Waals surface area contributed by atoms with Gasteiger partial charge in [0, 0.05) is 23.5 Å². The first kappa shape index (κ1) is 29.3. The van der Waals surface area contributed by atoms with Crippen LogP contribution in [0, 0.1) is 0 Å². The molecule has 10 rings (SSSR count). The van der Waals surface area contributed by atoms with Gasteiger partial charge in [-0.15, -0.1) is 0 Å². The van der Waals surface area contributed by atoms with Crippen molar-refractivity contribution < 1.29 is 0 Å². The number of hydrogen-bond acceptors (Lipinski definition) is 2. The Kier molecular flexibility index (Phi) is 6.92. The Labute approximate surface area is 297 Å². The molecule has 2 aromatic heterocycles. The largest absolute Gasteiger partial charge is 0.256 e. The van der Waals surface area contributed by atoms with Crippen molar-refractivity contribution >= 4 is 21.5 Å². The summed E-state index contributed by atoms with van der Waals surface area (Å²) in [5, 5.41) is 5.07. The molecule has 7 aromatic carbocycles. The Balaban J connectivity index is 1.11. The van der Waals surface area contributed by atoms with Gasteiger partial charge < -0.3 is 0 Å². The van der Waals surface area contributed by atoms with Gasteiger partial charge in [-0.3, -0.25) is 9.97 Å². The summed E-state index contributed by atoms with van der Waals surface area (Å²) in [6, 6.07) is 61.5. The Hall–Kier alpha value is -6.64. The van der Waals surface area contributed by atoms with Crippen LogP contribution in [0.15, 0.2) is 182 Å². The predicted octanol–water partition coefficient (Wildman–Crippen LogP) is 12.7. The third-order valence-corrected chi connectivity index (χ3v) is 10.4. The van der Waals surface area contributed by atoms with Crippen molar-refractivity contribution in [2.75, 3.05) is 0 Å². The molecule has 2 heteroatoms. The first-order chi connectivity index (χ1) is 25.3. The van der Waals surface area contributed by atoms with Gasteiger partial charge in [0.05, 0.1) is 11.4 Å². The van der Waals surface area contributed by atoms with E-state index in [0.29, 0.717) is 0 Å². The van der Waals surface area contributed by atoms with Crippen molar-refractivity contribution in [2.24, 2.45) is 0 Å². The Morgan fingerprint density at radius 1 is 0.314 bits per heavy atom. The summed E-state index contributed by atoms with van der Waals surface area (Å²) in [7, 11) is 0. The van der Waals surface area contributed by atoms with E-state index in [1.807, 2.05) is 36.7 Å². The van der Waals surface area contributed by atoms with Crippen molar-refractivity contribution in [1.82, 2.24) is 9.97 Å². The minimum atomic E-state index is 0.944. The molecule has 0 saturated heterocycles. The molecule has 0 amide bonds. The van der Waals surface area contributed by atoms with Gasteiger partial charge in [-0.1, -0.05) is 127 Å². The summed E-state index contributed by atoms with van der Waals surface area (Å²) in [5.41, 5.74) is 16.9. The predicted molar refractivity (Wildman–Crippen MR) is 212 cm³/mol. The Morgan fingerprint density at radius 3 is 1.37 bits per heavy atom. The Bertz CT molecular complexity index is 2630. The summed E-state index contributed by atoms with van der Waals surface area (Å²) in [6.07, 6.45) is 4.68. The summed E-state index contributed by atoms with van der Waals surface area (Å²) >= 11 is 0. The van der Waals surface area contributed by atoms with Gasteiger partial charge in [-0.2, -0.15) is 0 Å². The molecule has 0 radical (unpaired) electrons. The lowest BCUT2D eigenvalue weighted by Crippen LogP contribution is -1.92. The van der Waals surface area contributed by atoms with E-state index in [0.717, 1.165) is 40.1 Å². The Morgan fingerprint density at radius 2 is 0.784 bits per heavy atom. The smallest absolute Gasteiger partial charge is 0.0702 e. The fraction of sp³-hybridized carbons (Fsp3) is 0.0204. The SMILES string of the molecule is c1ccc(-c2cc(-c3ccc(-c4c5ccccc5c(-c5ccc6c(c5)Cc5ccccc5-6)c5ccccc45)cc3)cc(-c3ccccn3)c2)nc1. The van der Waals surface area contributed by atoms with Crippen molar-refractivity contribution in [3.05, 3.63) is 193 Å². The van der Waals surface area contributed by atoms with Gasteiger partial charge in [0.15, 0.2) is 0 Å². The topological polar surface area (TPSA) is 25.8 Å². The second kappa shape index (κ2) is 12.0. The molecule has 9 aromatic rings. The van der Waals surface area contributed by atoms with E-state index in [9.17, 15) is 0 Å². The van der Waals surface area contributed by atoms with Crippen molar-refractivity contribution in [2.45, 2.75) is 6.42 Å². The second-order valence-corrected chi connectivity index (χ2v) is 13.4. The number of pyridine rings is 2. The number of rotatable bonds is 5. The fourth-order valence-corrected chi connectivity index (χ4v) is 8.04. The van der Waals surface area contributed by atoms with Crippen LogP contribution >= 0.6 is 0 Å². The molecule has 0 atom stereocenters. The van der Waals surface area contributed by atoms with E-state index in [1.165, 1.54) is 66.1 Å². The van der Waals surface area contributed by atoms with Crippen molar-refractivity contribution in [3.63, 3.8) is 0 Å². The molecule has 238 valence electrons. The third kappa shape index (κ3) is 5.04. The molecule has 2 heterocycles. The van der Waals surface area contributed by atoms with Crippen LogP contribution in [0.4, 0.5) is 0 Å². The third-order valence-electron chi connectivity index (χ3n) is 10.4. The minimum absolute atomic E-state index is 0.944. The molecule has 0 N–H and O–H groups in total. The number of hydrogen-bond donors (Lipinski definition) is 0. The molecule has 0 fully saturated rings. The first-order valence-electron chi connectivity index (χ1n) is 17.5. The van der Waals surface area contributed by atoms with Crippen LogP contribution in [0.25, 0.3) is 88.6 Å². The molecular weight excluding hydrogens is 617 g/mol. The number of aromatic nitrogens is 2. The fourth-order valence-electron chi connectivity index (χ4n) is 8.04. The van der Waals surface area contributed by atoms with E-state index < -0.39 is 0 Å². The summed E-state index contributed by atoms with van der Waals surface area (Å²) in [5.74, 6) is 0. The summed E-state index contributed by atoms with van der Waals surface area (Å²) in [6.45, 7) is 0. The molecule has 0 saturated carbocycles. The lowest BCUT2D eigenvalue weighted by Gasteiger charge is -2.18. The lowest BCUT2D eigenvalue weighted by molar-refractivity contribution is 1.26. The standard InChI is InChI=1S/C49H32N2/c1-2-12-40-34(11-1)27-37-28-35(23-24-41(37)40)49-44-15-5-3-13-42(44)48(43-14-4-6-16-45(43)49)33-21-19-32(20-22-33)36-29-38(46-17-7-9-25-50-46)31-39(30-36)47-18-8-10-26-51-47/h1-26,28-31H,27H2. The van der Waals surface area contributed by atoms with E-state index in [-0.39, 0.29) is 0 Å². The molecule has 0 aliphatic heterocycles. The number of nitrogens with zero attached hydrogens (tertiary/aromatic N) is 2. The highest BCUT2D eigenvalue weighted by Crippen LogP contribution is 2.46. The van der Waals surface area contributed by atoms with Crippen LogP contribution in [0.1, 0.15) is 11.1 Å². The quantitative estimate of drug-likeness (QED) is 0.174. The monoisotopic (exact) mass is 648 g/mol. The van der Waals surface area contributed by atoms with Gasteiger partial charge in [-0.25, -0.2) is 0 Å². The molecule has 51 heavy (non-hydrogen) atoms. The van der Waals surface area contributed by atoms with Crippen LogP contribution in [-0.4, -0.2) is 9.97 Å². The average molecular weight is 649 g/mol. The minimum Gasteiger partial charge on any atom is -0.256 e. The zero-order valence-corrected chi connectivity index (χ0v) is 27.9. The van der Waals surface area contributed by atoms with Gasteiger partial charge in [0.25, 0.3) is 0 Å². The average Bonchev–Trinajstić information content (AvgIpc) is 3.58. The highest BCUT2D eigenvalue weighted by molar-refractivity contribution is 6.21. The second-order valence-electron chi connectivity index (χ2n) is 13.4. The molecule has 0 unspecified atom stereocenters. The molecule has 1 aliphatic rings. The maximum absolute atomic E-state index is 4.67. The van der Waals surface area contributed by atoms with Crippen LogP contribution in [0.3, 0.4) is 0 Å². The zero-order valence-electron chi connectivity index (χ0n) is 27.9. The highest BCUT2D eigenvalue weighted by atomic mass is 14.7. The number of benzene rings is 7. The molecule has 1 aliphatic carbocycles. The number of fused-ring (bicyclic) bond motifs is 5. The van der Waals surface area contributed by atoms with E-state index in [2.05, 4.69) is 156 Å². The normalized spacial score (nSPS) is 11.8. The van der Waals surface area contributed by atoms with Gasteiger partial charge >= 0.3 is 0 Å².